The Morgan fingerprint density at radius 3 is 2.68 bits per heavy atom. The summed E-state index contributed by atoms with van der Waals surface area (Å²) in [5.41, 5.74) is 0.648. The molecule has 10 heteroatoms. The number of hydrogen-bond donors (Lipinski definition) is 3. The zero-order valence-corrected chi connectivity index (χ0v) is 20.0. The van der Waals surface area contributed by atoms with Gasteiger partial charge in [-0.05, 0) is 24.6 Å². The van der Waals surface area contributed by atoms with Crippen LogP contribution in [0.3, 0.4) is 0 Å². The van der Waals surface area contributed by atoms with E-state index >= 15 is 0 Å². The summed E-state index contributed by atoms with van der Waals surface area (Å²) in [6.45, 7) is 4.87. The van der Waals surface area contributed by atoms with Gasteiger partial charge in [0.05, 0.1) is 0 Å². The first kappa shape index (κ1) is 24.3. The second-order valence-electron chi connectivity index (χ2n) is 5.84. The standard InChI is InChI=1S/C18H26BrN7O.HI/c1-3-16-25-24-13-26(16)11-10-23-18(20-2)22-9-5-8-21-17(27)14-6-4-7-15(19)12-14;/h4,6-7,12-13H,3,5,8-11H2,1-2H3,(H,21,27)(H2,20,22,23);1H. The monoisotopic (exact) mass is 563 g/mol. The summed E-state index contributed by atoms with van der Waals surface area (Å²) < 4.78 is 2.92. The number of aromatic nitrogens is 3. The van der Waals surface area contributed by atoms with Crippen molar-refractivity contribution in [3.8, 4) is 0 Å². The van der Waals surface area contributed by atoms with Gasteiger partial charge in [-0.15, -0.1) is 34.2 Å². The number of carbonyl (C=O) groups is 1. The van der Waals surface area contributed by atoms with E-state index in [4.69, 9.17) is 0 Å². The van der Waals surface area contributed by atoms with Crippen LogP contribution in [0, 0.1) is 0 Å². The van der Waals surface area contributed by atoms with Crippen molar-refractivity contribution in [2.75, 3.05) is 26.7 Å². The van der Waals surface area contributed by atoms with Crippen molar-refractivity contribution < 1.29 is 4.79 Å². The number of guanidine groups is 1. The normalized spacial score (nSPS) is 10.9. The van der Waals surface area contributed by atoms with Crippen molar-refractivity contribution in [1.82, 2.24) is 30.7 Å². The Morgan fingerprint density at radius 2 is 1.96 bits per heavy atom. The molecule has 1 heterocycles. The van der Waals surface area contributed by atoms with Crippen LogP contribution in [0.1, 0.15) is 29.5 Å². The van der Waals surface area contributed by atoms with Gasteiger partial charge in [0.1, 0.15) is 12.2 Å². The van der Waals surface area contributed by atoms with E-state index in [1.54, 1.807) is 25.5 Å². The molecule has 0 saturated heterocycles. The van der Waals surface area contributed by atoms with Crippen LogP contribution in [0.25, 0.3) is 0 Å². The molecule has 0 saturated carbocycles. The molecule has 0 aliphatic rings. The van der Waals surface area contributed by atoms with Gasteiger partial charge in [-0.1, -0.05) is 28.9 Å². The fourth-order valence-corrected chi connectivity index (χ4v) is 2.88. The van der Waals surface area contributed by atoms with Gasteiger partial charge in [-0.25, -0.2) is 0 Å². The Kier molecular flexibility index (Phi) is 11.7. The third-order valence-electron chi connectivity index (χ3n) is 3.90. The highest BCUT2D eigenvalue weighted by Gasteiger charge is 2.05. The first-order valence-electron chi connectivity index (χ1n) is 8.99. The molecule has 3 N–H and O–H groups in total. The molecular weight excluding hydrogens is 537 g/mol. The third kappa shape index (κ3) is 8.13. The lowest BCUT2D eigenvalue weighted by molar-refractivity contribution is 0.0953. The zero-order chi connectivity index (χ0) is 19.5. The molecule has 0 spiro atoms. The number of carbonyl (C=O) groups excluding carboxylic acids is 1. The number of nitrogens with one attached hydrogen (secondary N) is 3. The lowest BCUT2D eigenvalue weighted by atomic mass is 10.2. The number of rotatable bonds is 9. The van der Waals surface area contributed by atoms with Crippen molar-refractivity contribution in [2.24, 2.45) is 4.99 Å². The molecule has 154 valence electrons. The van der Waals surface area contributed by atoms with Gasteiger partial charge in [0.15, 0.2) is 5.96 Å². The van der Waals surface area contributed by atoms with E-state index in [9.17, 15) is 4.79 Å². The SMILES string of the molecule is CCc1nncn1CCNC(=NC)NCCCNC(=O)c1cccc(Br)c1.I. The van der Waals surface area contributed by atoms with Gasteiger partial charge >= 0.3 is 0 Å². The van der Waals surface area contributed by atoms with Crippen molar-refractivity contribution in [1.29, 1.82) is 0 Å². The number of hydrogen-bond acceptors (Lipinski definition) is 4. The van der Waals surface area contributed by atoms with Gasteiger partial charge in [0.2, 0.25) is 0 Å². The predicted molar refractivity (Wildman–Crippen MR) is 125 cm³/mol. The minimum Gasteiger partial charge on any atom is -0.356 e. The molecule has 0 fully saturated rings. The fraction of sp³-hybridized carbons (Fsp3) is 0.444. The summed E-state index contributed by atoms with van der Waals surface area (Å²) in [5, 5.41) is 17.4. The second kappa shape index (κ2) is 13.5. The summed E-state index contributed by atoms with van der Waals surface area (Å²) in [6.07, 6.45) is 3.40. The van der Waals surface area contributed by atoms with Crippen LogP contribution in [-0.2, 0) is 13.0 Å². The summed E-state index contributed by atoms with van der Waals surface area (Å²) in [4.78, 5) is 16.3. The number of amides is 1. The molecule has 0 atom stereocenters. The van der Waals surface area contributed by atoms with E-state index < -0.39 is 0 Å². The Hall–Kier alpha value is -1.69. The number of nitrogens with zero attached hydrogens (tertiary/aromatic N) is 4. The molecule has 0 radical (unpaired) electrons. The first-order valence-corrected chi connectivity index (χ1v) is 9.78. The van der Waals surface area contributed by atoms with Gasteiger partial charge in [0, 0.05) is 49.7 Å². The Bertz CT molecular complexity index is 766. The highest BCUT2D eigenvalue weighted by Crippen LogP contribution is 2.11. The van der Waals surface area contributed by atoms with Gasteiger partial charge in [-0.3, -0.25) is 9.79 Å². The van der Waals surface area contributed by atoms with Gasteiger partial charge in [-0.2, -0.15) is 0 Å². The van der Waals surface area contributed by atoms with Crippen LogP contribution in [-0.4, -0.2) is 53.3 Å². The van der Waals surface area contributed by atoms with E-state index in [-0.39, 0.29) is 29.9 Å². The highest BCUT2D eigenvalue weighted by molar-refractivity contribution is 14.0. The lowest BCUT2D eigenvalue weighted by Gasteiger charge is -2.13. The van der Waals surface area contributed by atoms with E-state index in [1.807, 2.05) is 16.7 Å². The van der Waals surface area contributed by atoms with Crippen LogP contribution in [0.15, 0.2) is 40.1 Å². The average molecular weight is 564 g/mol. The fourth-order valence-electron chi connectivity index (χ4n) is 2.48. The molecule has 0 aliphatic heterocycles. The maximum Gasteiger partial charge on any atom is 0.251 e. The van der Waals surface area contributed by atoms with E-state index in [0.29, 0.717) is 18.7 Å². The van der Waals surface area contributed by atoms with Crippen molar-refractivity contribution in [2.45, 2.75) is 26.3 Å². The number of aryl methyl sites for hydroxylation is 1. The van der Waals surface area contributed by atoms with E-state index in [2.05, 4.69) is 54.0 Å². The molecule has 1 aromatic carbocycles. The van der Waals surface area contributed by atoms with Crippen molar-refractivity contribution in [3.05, 3.63) is 46.5 Å². The van der Waals surface area contributed by atoms with Crippen molar-refractivity contribution >= 4 is 51.8 Å². The summed E-state index contributed by atoms with van der Waals surface area (Å²) >= 11 is 3.37. The molecule has 1 amide bonds. The molecular formula is C18H27BrIN7O. The topological polar surface area (TPSA) is 96.2 Å². The summed E-state index contributed by atoms with van der Waals surface area (Å²) in [5.74, 6) is 1.64. The molecule has 1 aromatic heterocycles. The second-order valence-corrected chi connectivity index (χ2v) is 6.76. The first-order chi connectivity index (χ1) is 13.1. The molecule has 0 aliphatic carbocycles. The number of benzene rings is 1. The van der Waals surface area contributed by atoms with Crippen LogP contribution >= 0.6 is 39.9 Å². The Labute approximate surface area is 191 Å². The number of aliphatic imine (C=N–C) groups is 1. The molecule has 0 bridgehead atoms. The molecule has 8 nitrogen and oxygen atoms in total. The number of halogens is 2. The summed E-state index contributed by atoms with van der Waals surface area (Å²) in [7, 11) is 1.74. The third-order valence-corrected chi connectivity index (χ3v) is 4.39. The maximum absolute atomic E-state index is 12.1. The molecule has 0 unspecified atom stereocenters. The maximum atomic E-state index is 12.1. The molecule has 2 rings (SSSR count). The van der Waals surface area contributed by atoms with Gasteiger partial charge < -0.3 is 20.5 Å². The predicted octanol–water partition coefficient (Wildman–Crippen LogP) is 2.21. The highest BCUT2D eigenvalue weighted by atomic mass is 127. The van der Waals surface area contributed by atoms with Crippen molar-refractivity contribution in [3.63, 3.8) is 0 Å². The van der Waals surface area contributed by atoms with E-state index in [1.165, 1.54) is 0 Å². The smallest absolute Gasteiger partial charge is 0.251 e. The lowest BCUT2D eigenvalue weighted by Crippen LogP contribution is -2.40. The van der Waals surface area contributed by atoms with Crippen LogP contribution < -0.4 is 16.0 Å². The molecule has 28 heavy (non-hydrogen) atoms. The largest absolute Gasteiger partial charge is 0.356 e. The zero-order valence-electron chi connectivity index (χ0n) is 16.1. The van der Waals surface area contributed by atoms with Crippen LogP contribution in [0.4, 0.5) is 0 Å². The quantitative estimate of drug-likeness (QED) is 0.188. The van der Waals surface area contributed by atoms with Crippen LogP contribution in [0.2, 0.25) is 0 Å². The Morgan fingerprint density at radius 1 is 1.21 bits per heavy atom. The van der Waals surface area contributed by atoms with Crippen LogP contribution in [0.5, 0.6) is 0 Å². The summed E-state index contributed by atoms with van der Waals surface area (Å²) in [6, 6.07) is 7.34. The molecule has 2 aromatic rings. The Balaban J connectivity index is 0.00000392. The minimum absolute atomic E-state index is 0. The average Bonchev–Trinajstić information content (AvgIpc) is 3.13. The minimum atomic E-state index is -0.0699. The van der Waals surface area contributed by atoms with Gasteiger partial charge in [0.25, 0.3) is 5.91 Å². The van der Waals surface area contributed by atoms with E-state index in [0.717, 1.165) is 42.2 Å².